The van der Waals surface area contributed by atoms with Crippen molar-refractivity contribution in [3.05, 3.63) is 5.21 Å². The monoisotopic (exact) mass is 339 g/mol. The molecule has 0 aromatic heterocycles. The van der Waals surface area contributed by atoms with Gasteiger partial charge in [0.05, 0.1) is 5.41 Å². The van der Waals surface area contributed by atoms with Gasteiger partial charge in [-0.25, -0.2) is 0 Å². The highest BCUT2D eigenvalue weighted by molar-refractivity contribution is 7.93. The summed E-state index contributed by atoms with van der Waals surface area (Å²) < 4.78 is 40.3. The van der Waals surface area contributed by atoms with Crippen LogP contribution in [0.3, 0.4) is 0 Å². The fraction of sp³-hybridized carbons (Fsp3) is 0.929. The highest BCUT2D eigenvalue weighted by Gasteiger charge is 2.55. The first kappa shape index (κ1) is 16.4. The quantitative estimate of drug-likeness (QED) is 0.474. The van der Waals surface area contributed by atoms with Crippen molar-refractivity contribution in [2.45, 2.75) is 44.0 Å². The van der Waals surface area contributed by atoms with E-state index in [-0.39, 0.29) is 19.1 Å². The number of rotatable bonds is 5. The van der Waals surface area contributed by atoms with Gasteiger partial charge in [-0.2, -0.15) is 13.2 Å². The molecule has 1 N–H and O–H groups in total. The Morgan fingerprint density at radius 1 is 1.18 bits per heavy atom. The molecule has 0 spiro atoms. The van der Waals surface area contributed by atoms with Gasteiger partial charge in [0.1, 0.15) is 13.2 Å². The number of halogens is 3. The van der Waals surface area contributed by atoms with Crippen molar-refractivity contribution in [1.82, 2.24) is 0 Å². The molecule has 0 aromatic rings. The van der Waals surface area contributed by atoms with Crippen molar-refractivity contribution in [3.63, 3.8) is 0 Å². The fourth-order valence-electron chi connectivity index (χ4n) is 4.92. The summed E-state index contributed by atoms with van der Waals surface area (Å²) in [6, 6.07) is 0. The molecule has 0 heterocycles. The second-order valence-electron chi connectivity index (χ2n) is 7.00. The zero-order chi connectivity index (χ0) is 16.0. The standard InChI is InChI=1S/C14H20F3NO3S/c15-14(16,17)22-18(20)1-2-21-12(19)13-6-9-3-10(7-13)5-11(4-9)8-13/h9-11,18H,1-8H2. The Morgan fingerprint density at radius 3 is 2.14 bits per heavy atom. The Hall–Kier alpha value is -0.470. The van der Waals surface area contributed by atoms with Crippen LogP contribution in [-0.4, -0.2) is 24.6 Å². The lowest BCUT2D eigenvalue weighted by Crippen LogP contribution is -3.01. The lowest BCUT2D eigenvalue weighted by molar-refractivity contribution is -0.698. The number of esters is 1. The molecule has 4 rings (SSSR count). The van der Waals surface area contributed by atoms with Crippen LogP contribution in [0.5, 0.6) is 0 Å². The number of quaternary nitrogens is 1. The number of carbonyl (C=O) groups excluding carboxylic acids is 1. The van der Waals surface area contributed by atoms with Gasteiger partial charge in [0.2, 0.25) is 0 Å². The molecule has 126 valence electrons. The van der Waals surface area contributed by atoms with Gasteiger partial charge in [0, 0.05) is 0 Å². The molecular formula is C14H20F3NO3S. The van der Waals surface area contributed by atoms with E-state index in [0.717, 1.165) is 19.3 Å². The van der Waals surface area contributed by atoms with E-state index in [9.17, 15) is 23.2 Å². The van der Waals surface area contributed by atoms with E-state index in [0.29, 0.717) is 17.8 Å². The predicted molar refractivity (Wildman–Crippen MR) is 74.4 cm³/mol. The summed E-state index contributed by atoms with van der Waals surface area (Å²) in [6.07, 6.45) is 6.16. The van der Waals surface area contributed by atoms with E-state index in [4.69, 9.17) is 4.74 Å². The van der Waals surface area contributed by atoms with Crippen molar-refractivity contribution in [1.29, 1.82) is 0 Å². The molecule has 4 bridgehead atoms. The van der Waals surface area contributed by atoms with Gasteiger partial charge in [0.25, 0.3) is 0 Å². The second-order valence-corrected chi connectivity index (χ2v) is 8.13. The molecule has 4 fully saturated rings. The number of ether oxygens (including phenoxy) is 1. The van der Waals surface area contributed by atoms with Crippen molar-refractivity contribution in [3.8, 4) is 0 Å². The summed E-state index contributed by atoms with van der Waals surface area (Å²) in [4.78, 5) is 12.4. The van der Waals surface area contributed by atoms with Gasteiger partial charge in [-0.15, -0.1) is 0 Å². The average Bonchev–Trinajstić information content (AvgIpc) is 2.34. The number of hydroxylamine groups is 1. The fourth-order valence-corrected chi connectivity index (χ4v) is 5.36. The normalized spacial score (nSPS) is 38.1. The van der Waals surface area contributed by atoms with Crippen LogP contribution >= 0.6 is 11.9 Å². The average molecular weight is 339 g/mol. The molecule has 4 aliphatic carbocycles. The van der Waals surface area contributed by atoms with Crippen LogP contribution in [0.15, 0.2) is 0 Å². The molecule has 22 heavy (non-hydrogen) atoms. The molecule has 1 atom stereocenters. The van der Waals surface area contributed by atoms with E-state index in [1.807, 2.05) is 0 Å². The van der Waals surface area contributed by atoms with Gasteiger partial charge < -0.3 is 9.94 Å². The second kappa shape index (κ2) is 5.87. The Labute approximate surface area is 131 Å². The van der Waals surface area contributed by atoms with Gasteiger partial charge in [-0.1, -0.05) is 0 Å². The molecular weight excluding hydrogens is 319 g/mol. The van der Waals surface area contributed by atoms with Gasteiger partial charge >= 0.3 is 11.5 Å². The topological polar surface area (TPSA) is 53.8 Å². The molecule has 0 aliphatic heterocycles. The first-order chi connectivity index (χ1) is 10.3. The van der Waals surface area contributed by atoms with Crippen molar-refractivity contribution in [2.24, 2.45) is 23.2 Å². The number of nitrogens with one attached hydrogen (secondary N) is 1. The maximum atomic E-state index is 12.4. The highest BCUT2D eigenvalue weighted by Crippen LogP contribution is 2.60. The third-order valence-electron chi connectivity index (χ3n) is 5.24. The summed E-state index contributed by atoms with van der Waals surface area (Å²) in [5.41, 5.74) is -4.99. The van der Waals surface area contributed by atoms with E-state index < -0.39 is 27.3 Å². The molecule has 0 amide bonds. The third-order valence-corrected chi connectivity index (χ3v) is 5.90. The maximum Gasteiger partial charge on any atom is 0.496 e. The van der Waals surface area contributed by atoms with Crippen LogP contribution in [0.2, 0.25) is 0 Å². The molecule has 4 nitrogen and oxygen atoms in total. The summed E-state index contributed by atoms with van der Waals surface area (Å²) in [5, 5.41) is 11.1. The summed E-state index contributed by atoms with van der Waals surface area (Å²) in [5.74, 6) is 1.50. The molecule has 0 radical (unpaired) electrons. The van der Waals surface area contributed by atoms with E-state index in [1.165, 1.54) is 19.3 Å². The van der Waals surface area contributed by atoms with E-state index >= 15 is 0 Å². The smallest absolute Gasteiger partial charge is 0.496 e. The number of hydrogen-bond donors (Lipinski definition) is 1. The first-order valence-electron chi connectivity index (χ1n) is 7.71. The summed E-state index contributed by atoms with van der Waals surface area (Å²) >= 11 is -0.662. The van der Waals surface area contributed by atoms with Crippen molar-refractivity contribution < 1.29 is 27.2 Å². The lowest BCUT2D eigenvalue weighted by Gasteiger charge is -2.55. The van der Waals surface area contributed by atoms with Crippen LogP contribution in [0.4, 0.5) is 13.2 Å². The minimum atomic E-state index is -4.57. The van der Waals surface area contributed by atoms with E-state index in [2.05, 4.69) is 0 Å². The molecule has 8 heteroatoms. The minimum absolute atomic E-state index is 0.248. The Kier molecular flexibility index (Phi) is 4.37. The van der Waals surface area contributed by atoms with Crippen molar-refractivity contribution in [2.75, 3.05) is 13.2 Å². The van der Waals surface area contributed by atoms with Crippen molar-refractivity contribution >= 4 is 17.9 Å². The third kappa shape index (κ3) is 3.54. The van der Waals surface area contributed by atoms with Crippen LogP contribution in [0, 0.1) is 28.4 Å². The summed E-state index contributed by atoms with van der Waals surface area (Å²) in [6.45, 7) is -0.634. The van der Waals surface area contributed by atoms with Crippen LogP contribution in [0.25, 0.3) is 0 Å². The van der Waals surface area contributed by atoms with Crippen LogP contribution in [0.1, 0.15) is 38.5 Å². The predicted octanol–water partition coefficient (Wildman–Crippen LogP) is 2.30. The van der Waals surface area contributed by atoms with Gasteiger partial charge in [-0.3, -0.25) is 9.26 Å². The number of hydrogen-bond acceptors (Lipinski definition) is 4. The van der Waals surface area contributed by atoms with Gasteiger partial charge in [0.15, 0.2) is 11.9 Å². The Bertz CT molecular complexity index is 408. The molecule has 1 unspecified atom stereocenters. The SMILES string of the molecule is O=C(OCC[NH+]([O-])SC(F)(F)F)C12CC3CC(CC(C3)C1)C2. The summed E-state index contributed by atoms with van der Waals surface area (Å²) in [7, 11) is 0. The first-order valence-corrected chi connectivity index (χ1v) is 8.53. The van der Waals surface area contributed by atoms with Gasteiger partial charge in [-0.05, 0) is 56.3 Å². The molecule has 4 saturated carbocycles. The zero-order valence-electron chi connectivity index (χ0n) is 12.2. The molecule has 0 saturated heterocycles. The number of alkyl halides is 3. The minimum Gasteiger partial charge on any atom is -0.621 e. The van der Waals surface area contributed by atoms with E-state index in [1.54, 1.807) is 0 Å². The molecule has 0 aromatic carbocycles. The van der Waals surface area contributed by atoms with Crippen LogP contribution < -0.4 is 4.47 Å². The van der Waals surface area contributed by atoms with Crippen LogP contribution in [-0.2, 0) is 9.53 Å². The highest BCUT2D eigenvalue weighted by atomic mass is 32.2. The Morgan fingerprint density at radius 2 is 1.68 bits per heavy atom. The maximum absolute atomic E-state index is 12.4. The Balaban J connectivity index is 1.48. The number of carbonyl (C=O) groups is 1. The molecule has 4 aliphatic rings. The largest absolute Gasteiger partial charge is 0.621 e. The lowest BCUT2D eigenvalue weighted by atomic mass is 9.49. The zero-order valence-corrected chi connectivity index (χ0v) is 13.0.